The fourth-order valence-electron chi connectivity index (χ4n) is 2.84. The maximum absolute atomic E-state index is 12.6. The number of rotatable bonds is 5. The Morgan fingerprint density at radius 2 is 1.75 bits per heavy atom. The van der Waals surface area contributed by atoms with Crippen molar-refractivity contribution in [2.45, 2.75) is 27.2 Å². The van der Waals surface area contributed by atoms with Gasteiger partial charge in [0.1, 0.15) is 16.9 Å². The molecule has 128 valence electrons. The second kappa shape index (κ2) is 7.34. The summed E-state index contributed by atoms with van der Waals surface area (Å²) in [6.07, 6.45) is 0.711. The maximum atomic E-state index is 12.6. The van der Waals surface area contributed by atoms with Crippen LogP contribution in [0.3, 0.4) is 0 Å². The van der Waals surface area contributed by atoms with Crippen LogP contribution in [0.1, 0.15) is 45.2 Å². The SMILES string of the molecule is CCCOC(=O)c1c2ccc(C)cc(C)c-2c(C(=O)OC)c1OC. The molecule has 0 aromatic carbocycles. The lowest BCUT2D eigenvalue weighted by Crippen LogP contribution is -2.08. The maximum Gasteiger partial charge on any atom is 0.342 e. The molecule has 0 N–H and O–H groups in total. The van der Waals surface area contributed by atoms with E-state index in [1.54, 1.807) is 0 Å². The van der Waals surface area contributed by atoms with Crippen LogP contribution in [0.15, 0.2) is 18.2 Å². The third-order valence-corrected chi connectivity index (χ3v) is 3.83. The van der Waals surface area contributed by atoms with Crippen molar-refractivity contribution >= 4 is 11.9 Å². The first kappa shape index (κ1) is 17.8. The molecular weight excluding hydrogens is 308 g/mol. The van der Waals surface area contributed by atoms with E-state index in [4.69, 9.17) is 14.2 Å². The average Bonchev–Trinajstić information content (AvgIpc) is 2.83. The number of fused-ring (bicyclic) bond motifs is 1. The molecule has 0 amide bonds. The second-order valence-corrected chi connectivity index (χ2v) is 5.60. The van der Waals surface area contributed by atoms with E-state index >= 15 is 0 Å². The molecule has 2 aliphatic rings. The third kappa shape index (κ3) is 3.07. The molecule has 0 fully saturated rings. The van der Waals surface area contributed by atoms with Crippen molar-refractivity contribution in [3.05, 3.63) is 40.5 Å². The van der Waals surface area contributed by atoms with Gasteiger partial charge in [0.2, 0.25) is 0 Å². The molecule has 0 bridgehead atoms. The molecular formula is C19H22O5. The van der Waals surface area contributed by atoms with Gasteiger partial charge in [-0.2, -0.15) is 0 Å². The minimum Gasteiger partial charge on any atom is -0.495 e. The van der Waals surface area contributed by atoms with Gasteiger partial charge < -0.3 is 14.2 Å². The molecule has 0 aromatic heterocycles. The zero-order valence-electron chi connectivity index (χ0n) is 14.7. The van der Waals surface area contributed by atoms with E-state index in [0.29, 0.717) is 24.2 Å². The number of carbonyl (C=O) groups is 2. The van der Waals surface area contributed by atoms with Gasteiger partial charge in [-0.3, -0.25) is 0 Å². The van der Waals surface area contributed by atoms with Crippen LogP contribution in [0.5, 0.6) is 5.75 Å². The highest BCUT2D eigenvalue weighted by Crippen LogP contribution is 2.44. The fraction of sp³-hybridized carbons (Fsp3) is 0.368. The standard InChI is InChI=1S/C19H22O5/c1-6-9-24-19(21)15-13-8-7-11(2)10-12(3)14(13)16(17(15)22-4)18(20)23-5/h7-8,10H,6,9H2,1-5H3. The Hall–Kier alpha value is -2.56. The summed E-state index contributed by atoms with van der Waals surface area (Å²) in [4.78, 5) is 24.9. The van der Waals surface area contributed by atoms with E-state index < -0.39 is 11.9 Å². The molecule has 0 radical (unpaired) electrons. The highest BCUT2D eigenvalue weighted by Gasteiger charge is 2.34. The summed E-state index contributed by atoms with van der Waals surface area (Å²) in [6.45, 7) is 6.07. The molecule has 24 heavy (non-hydrogen) atoms. The Labute approximate surface area is 141 Å². The van der Waals surface area contributed by atoms with E-state index in [1.165, 1.54) is 14.2 Å². The summed E-state index contributed by atoms with van der Waals surface area (Å²) in [6, 6.07) is 5.66. The smallest absolute Gasteiger partial charge is 0.342 e. The van der Waals surface area contributed by atoms with E-state index in [-0.39, 0.29) is 16.9 Å². The molecule has 2 aliphatic carbocycles. The van der Waals surface area contributed by atoms with Gasteiger partial charge in [0, 0.05) is 11.1 Å². The second-order valence-electron chi connectivity index (χ2n) is 5.60. The number of hydrogen-bond acceptors (Lipinski definition) is 5. The summed E-state index contributed by atoms with van der Waals surface area (Å²) >= 11 is 0. The lowest BCUT2D eigenvalue weighted by atomic mass is 10.0. The lowest BCUT2D eigenvalue weighted by molar-refractivity contribution is 0.0503. The zero-order valence-corrected chi connectivity index (χ0v) is 14.7. The topological polar surface area (TPSA) is 61.8 Å². The summed E-state index contributed by atoms with van der Waals surface area (Å²) in [5.41, 5.74) is 3.67. The highest BCUT2D eigenvalue weighted by atomic mass is 16.5. The van der Waals surface area contributed by atoms with Gasteiger partial charge in [-0.25, -0.2) is 9.59 Å². The first-order valence-corrected chi connectivity index (χ1v) is 7.82. The van der Waals surface area contributed by atoms with Crippen LogP contribution in [0.2, 0.25) is 0 Å². The predicted molar refractivity (Wildman–Crippen MR) is 91.0 cm³/mol. The summed E-state index contributed by atoms with van der Waals surface area (Å²) in [7, 11) is 2.73. The van der Waals surface area contributed by atoms with Crippen LogP contribution in [-0.4, -0.2) is 32.8 Å². The van der Waals surface area contributed by atoms with Crippen LogP contribution in [0.25, 0.3) is 11.1 Å². The van der Waals surface area contributed by atoms with Gasteiger partial charge in [-0.1, -0.05) is 30.7 Å². The summed E-state index contributed by atoms with van der Waals surface area (Å²) < 4.78 is 15.6. The van der Waals surface area contributed by atoms with Crippen LogP contribution in [0.4, 0.5) is 0 Å². The van der Waals surface area contributed by atoms with Crippen molar-refractivity contribution in [2.75, 3.05) is 20.8 Å². The van der Waals surface area contributed by atoms with Crippen molar-refractivity contribution in [1.82, 2.24) is 0 Å². The molecule has 0 spiro atoms. The molecule has 2 rings (SSSR count). The van der Waals surface area contributed by atoms with Crippen LogP contribution in [0, 0.1) is 13.8 Å². The van der Waals surface area contributed by atoms with Crippen LogP contribution in [-0.2, 0) is 9.47 Å². The minimum atomic E-state index is -0.543. The number of ether oxygens (including phenoxy) is 3. The summed E-state index contributed by atoms with van der Waals surface area (Å²) in [5, 5.41) is 0. The third-order valence-electron chi connectivity index (χ3n) is 3.83. The molecule has 5 heteroatoms. The molecule has 0 atom stereocenters. The predicted octanol–water partition coefficient (Wildman–Crippen LogP) is 3.77. The molecule has 0 saturated carbocycles. The molecule has 0 aromatic rings. The van der Waals surface area contributed by atoms with E-state index in [0.717, 1.165) is 11.1 Å². The summed E-state index contributed by atoms with van der Waals surface area (Å²) in [5.74, 6) is -0.847. The Balaban J connectivity index is 2.84. The van der Waals surface area contributed by atoms with Crippen LogP contribution >= 0.6 is 0 Å². The Kier molecular flexibility index (Phi) is 5.44. The number of hydrogen-bond donors (Lipinski definition) is 0. The van der Waals surface area contributed by atoms with Gasteiger partial charge >= 0.3 is 11.9 Å². The number of carbonyl (C=O) groups excluding carboxylic acids is 2. The Morgan fingerprint density at radius 3 is 2.33 bits per heavy atom. The number of aryl methyl sites for hydroxylation is 2. The normalized spacial score (nSPS) is 10.5. The monoisotopic (exact) mass is 330 g/mol. The first-order valence-electron chi connectivity index (χ1n) is 7.82. The van der Waals surface area contributed by atoms with Crippen molar-refractivity contribution < 1.29 is 23.8 Å². The molecule has 0 unspecified atom stereocenters. The highest BCUT2D eigenvalue weighted by molar-refractivity contribution is 6.13. The largest absolute Gasteiger partial charge is 0.495 e. The number of methoxy groups -OCH3 is 2. The van der Waals surface area contributed by atoms with Gasteiger partial charge in [0.15, 0.2) is 0 Å². The molecule has 5 nitrogen and oxygen atoms in total. The quantitative estimate of drug-likeness (QED) is 0.781. The van der Waals surface area contributed by atoms with Gasteiger partial charge in [0.25, 0.3) is 0 Å². The van der Waals surface area contributed by atoms with Crippen molar-refractivity contribution in [3.63, 3.8) is 0 Å². The number of esters is 2. The van der Waals surface area contributed by atoms with Crippen molar-refractivity contribution in [1.29, 1.82) is 0 Å². The zero-order chi connectivity index (χ0) is 17.9. The lowest BCUT2D eigenvalue weighted by Gasteiger charge is -2.06. The van der Waals surface area contributed by atoms with Gasteiger partial charge in [-0.05, 0) is 25.8 Å². The molecule has 0 saturated heterocycles. The molecule has 0 heterocycles. The minimum absolute atomic E-state index is 0.199. The average molecular weight is 330 g/mol. The Morgan fingerprint density at radius 1 is 1.04 bits per heavy atom. The van der Waals surface area contributed by atoms with E-state index in [2.05, 4.69) is 0 Å². The Bertz CT molecular complexity index is 748. The first-order chi connectivity index (χ1) is 11.5. The van der Waals surface area contributed by atoms with Gasteiger partial charge in [0.05, 0.1) is 20.8 Å². The fourth-order valence-corrected chi connectivity index (χ4v) is 2.84. The van der Waals surface area contributed by atoms with Gasteiger partial charge in [-0.15, -0.1) is 0 Å². The van der Waals surface area contributed by atoms with Crippen LogP contribution < -0.4 is 4.74 Å². The molecule has 0 aliphatic heterocycles. The van der Waals surface area contributed by atoms with E-state index in [9.17, 15) is 9.59 Å². The van der Waals surface area contributed by atoms with Crippen molar-refractivity contribution in [3.8, 4) is 16.9 Å². The van der Waals surface area contributed by atoms with E-state index in [1.807, 2.05) is 39.0 Å². The van der Waals surface area contributed by atoms with Crippen molar-refractivity contribution in [2.24, 2.45) is 0 Å².